The van der Waals surface area contributed by atoms with Crippen LogP contribution in [0.4, 0.5) is 8.78 Å². The van der Waals surface area contributed by atoms with Crippen molar-refractivity contribution in [1.29, 1.82) is 0 Å². The van der Waals surface area contributed by atoms with Crippen molar-refractivity contribution in [2.24, 2.45) is 0 Å². The molecule has 2 rings (SSSR count). The second-order valence-electron chi connectivity index (χ2n) is 5.26. The van der Waals surface area contributed by atoms with Gasteiger partial charge in [0.05, 0.1) is 0 Å². The zero-order chi connectivity index (χ0) is 13.8. The number of rotatable bonds is 4. The molecule has 1 aromatic carbocycles. The Morgan fingerprint density at radius 1 is 1.21 bits per heavy atom. The zero-order valence-electron chi connectivity index (χ0n) is 11.5. The fourth-order valence-corrected chi connectivity index (χ4v) is 3.50. The second-order valence-corrected chi connectivity index (χ2v) is 6.40. The van der Waals surface area contributed by atoms with Crippen molar-refractivity contribution in [2.45, 2.75) is 49.9 Å². The Morgan fingerprint density at radius 2 is 1.89 bits per heavy atom. The highest BCUT2D eigenvalue weighted by Gasteiger charge is 2.22. The molecule has 106 valence electrons. The number of halogens is 2. The fourth-order valence-electron chi connectivity index (χ4n) is 2.75. The van der Waals surface area contributed by atoms with Gasteiger partial charge < -0.3 is 5.32 Å². The maximum absolute atomic E-state index is 13.7. The van der Waals surface area contributed by atoms with Crippen LogP contribution < -0.4 is 5.32 Å². The highest BCUT2D eigenvalue weighted by Crippen LogP contribution is 2.28. The fraction of sp³-hybridized carbons (Fsp3) is 0.600. The van der Waals surface area contributed by atoms with Crippen LogP contribution in [-0.2, 0) is 0 Å². The van der Waals surface area contributed by atoms with E-state index in [0.29, 0.717) is 11.6 Å². The van der Waals surface area contributed by atoms with E-state index in [0.717, 1.165) is 24.2 Å². The predicted octanol–water partition coefficient (Wildman–Crippen LogP) is 4.29. The Hall–Kier alpha value is -0.610. The molecule has 0 aliphatic heterocycles. The van der Waals surface area contributed by atoms with Crippen LogP contribution in [-0.4, -0.2) is 17.5 Å². The number of nitrogens with one attached hydrogen (secondary N) is 1. The molecule has 1 aliphatic carbocycles. The van der Waals surface area contributed by atoms with Crippen molar-refractivity contribution in [3.63, 3.8) is 0 Å². The third-order valence-electron chi connectivity index (χ3n) is 3.92. The van der Waals surface area contributed by atoms with Gasteiger partial charge in [0.25, 0.3) is 0 Å². The van der Waals surface area contributed by atoms with Gasteiger partial charge in [-0.3, -0.25) is 0 Å². The van der Waals surface area contributed by atoms with Crippen molar-refractivity contribution in [2.75, 3.05) is 6.26 Å². The van der Waals surface area contributed by atoms with E-state index in [2.05, 4.69) is 11.6 Å². The van der Waals surface area contributed by atoms with Crippen LogP contribution >= 0.6 is 11.8 Å². The summed E-state index contributed by atoms with van der Waals surface area (Å²) in [5.41, 5.74) is 0.423. The molecule has 1 N–H and O–H groups in total. The maximum Gasteiger partial charge on any atom is 0.128 e. The highest BCUT2D eigenvalue weighted by atomic mass is 32.2. The largest absolute Gasteiger partial charge is 0.307 e. The molecule has 0 amide bonds. The third kappa shape index (κ3) is 3.93. The first-order valence-electron chi connectivity index (χ1n) is 6.84. The molecule has 1 aromatic rings. The van der Waals surface area contributed by atoms with Crippen LogP contribution in [0.2, 0.25) is 0 Å². The van der Waals surface area contributed by atoms with Gasteiger partial charge in [-0.05, 0) is 57.1 Å². The Bertz CT molecular complexity index is 417. The van der Waals surface area contributed by atoms with Crippen LogP contribution in [0, 0.1) is 11.6 Å². The first kappa shape index (κ1) is 14.8. The van der Waals surface area contributed by atoms with Gasteiger partial charge in [-0.15, -0.1) is 0 Å². The molecule has 0 spiro atoms. The van der Waals surface area contributed by atoms with E-state index >= 15 is 0 Å². The summed E-state index contributed by atoms with van der Waals surface area (Å²) in [6.07, 6.45) is 6.80. The Labute approximate surface area is 118 Å². The first-order valence-corrected chi connectivity index (χ1v) is 8.12. The highest BCUT2D eigenvalue weighted by molar-refractivity contribution is 7.99. The van der Waals surface area contributed by atoms with Crippen molar-refractivity contribution >= 4 is 11.8 Å². The van der Waals surface area contributed by atoms with Gasteiger partial charge in [-0.2, -0.15) is 11.8 Å². The van der Waals surface area contributed by atoms with Crippen molar-refractivity contribution in [1.82, 2.24) is 5.32 Å². The Morgan fingerprint density at radius 3 is 2.53 bits per heavy atom. The smallest absolute Gasteiger partial charge is 0.128 e. The number of hydrogen-bond donors (Lipinski definition) is 1. The van der Waals surface area contributed by atoms with E-state index in [1.54, 1.807) is 0 Å². The van der Waals surface area contributed by atoms with Crippen molar-refractivity contribution in [3.8, 4) is 0 Å². The molecule has 1 unspecified atom stereocenters. The summed E-state index contributed by atoms with van der Waals surface area (Å²) in [5.74, 6) is -0.713. The normalized spacial score (nSPS) is 25.3. The quantitative estimate of drug-likeness (QED) is 0.885. The average molecular weight is 285 g/mol. The van der Waals surface area contributed by atoms with Gasteiger partial charge in [0.1, 0.15) is 11.6 Å². The molecule has 1 saturated carbocycles. The molecular weight excluding hydrogens is 264 g/mol. The topological polar surface area (TPSA) is 12.0 Å². The van der Waals surface area contributed by atoms with Gasteiger partial charge in [-0.25, -0.2) is 8.78 Å². The van der Waals surface area contributed by atoms with Gasteiger partial charge >= 0.3 is 0 Å². The lowest BCUT2D eigenvalue weighted by atomic mass is 9.93. The standard InChI is InChI=1S/C15H21F2NS/c1-10(14-9-11(16)3-8-15(14)17)18-12-4-6-13(19-2)7-5-12/h3,8-10,12-13,18H,4-7H2,1-2H3. The molecule has 1 aliphatic rings. The van der Waals surface area contributed by atoms with Gasteiger partial charge in [0.15, 0.2) is 0 Å². The summed E-state index contributed by atoms with van der Waals surface area (Å²) in [5, 5.41) is 4.20. The van der Waals surface area contributed by atoms with Gasteiger partial charge in [-0.1, -0.05) is 0 Å². The summed E-state index contributed by atoms with van der Waals surface area (Å²) in [6.45, 7) is 1.90. The summed E-state index contributed by atoms with van der Waals surface area (Å²) in [6, 6.07) is 3.93. The lowest BCUT2D eigenvalue weighted by Gasteiger charge is -2.30. The van der Waals surface area contributed by atoms with Crippen LogP contribution in [0.15, 0.2) is 18.2 Å². The van der Waals surface area contributed by atoms with Crippen molar-refractivity contribution in [3.05, 3.63) is 35.4 Å². The summed E-state index contributed by atoms with van der Waals surface area (Å²) < 4.78 is 26.9. The van der Waals surface area contributed by atoms with Gasteiger partial charge in [0.2, 0.25) is 0 Å². The van der Waals surface area contributed by atoms with E-state index in [1.165, 1.54) is 25.0 Å². The number of thioether (sulfide) groups is 1. The molecule has 0 saturated heterocycles. The summed E-state index contributed by atoms with van der Waals surface area (Å²) in [7, 11) is 0. The lowest BCUT2D eigenvalue weighted by Crippen LogP contribution is -2.35. The minimum absolute atomic E-state index is 0.147. The van der Waals surface area contributed by atoms with Crippen LogP contribution in [0.1, 0.15) is 44.2 Å². The predicted molar refractivity (Wildman–Crippen MR) is 77.5 cm³/mol. The summed E-state index contributed by atoms with van der Waals surface area (Å²) >= 11 is 1.93. The lowest BCUT2D eigenvalue weighted by molar-refractivity contribution is 0.348. The molecule has 0 heterocycles. The molecule has 4 heteroatoms. The molecule has 0 radical (unpaired) electrons. The first-order chi connectivity index (χ1) is 9.10. The van der Waals surface area contributed by atoms with E-state index in [4.69, 9.17) is 0 Å². The monoisotopic (exact) mass is 285 g/mol. The van der Waals surface area contributed by atoms with E-state index in [1.807, 2.05) is 18.7 Å². The molecule has 19 heavy (non-hydrogen) atoms. The molecule has 0 bridgehead atoms. The van der Waals surface area contributed by atoms with E-state index < -0.39 is 0 Å². The minimum Gasteiger partial charge on any atom is -0.307 e. The third-order valence-corrected chi connectivity index (χ3v) is 5.06. The molecule has 1 fully saturated rings. The van der Waals surface area contributed by atoms with E-state index in [-0.39, 0.29) is 17.7 Å². The van der Waals surface area contributed by atoms with Crippen LogP contribution in [0.3, 0.4) is 0 Å². The molecule has 1 nitrogen and oxygen atoms in total. The minimum atomic E-state index is -0.379. The zero-order valence-corrected chi connectivity index (χ0v) is 12.3. The maximum atomic E-state index is 13.7. The molecule has 0 aromatic heterocycles. The van der Waals surface area contributed by atoms with Gasteiger partial charge in [0, 0.05) is 22.9 Å². The molecule has 1 atom stereocenters. The Balaban J connectivity index is 1.94. The van der Waals surface area contributed by atoms with E-state index in [9.17, 15) is 8.78 Å². The van der Waals surface area contributed by atoms with Crippen molar-refractivity contribution < 1.29 is 8.78 Å². The Kier molecular flexibility index (Phi) is 5.22. The SMILES string of the molecule is CSC1CCC(NC(C)c2cc(F)ccc2F)CC1. The van der Waals surface area contributed by atoms with Crippen LogP contribution in [0.5, 0.6) is 0 Å². The number of hydrogen-bond acceptors (Lipinski definition) is 2. The van der Waals surface area contributed by atoms with Crippen LogP contribution in [0.25, 0.3) is 0 Å². The summed E-state index contributed by atoms with van der Waals surface area (Å²) in [4.78, 5) is 0. The second kappa shape index (κ2) is 6.71. The average Bonchev–Trinajstić information content (AvgIpc) is 2.42. The number of benzene rings is 1. The molecular formula is C15H21F2NS.